The van der Waals surface area contributed by atoms with E-state index in [2.05, 4.69) is 39.1 Å². The number of hydrogen-bond donors (Lipinski definition) is 3. The molecule has 1 saturated carbocycles. The van der Waals surface area contributed by atoms with Gasteiger partial charge in [0.1, 0.15) is 0 Å². The molecule has 1 fully saturated rings. The van der Waals surface area contributed by atoms with Crippen molar-refractivity contribution in [2.75, 3.05) is 5.32 Å². The second-order valence-corrected chi connectivity index (χ2v) is 5.82. The third-order valence-electron chi connectivity index (χ3n) is 3.44. The summed E-state index contributed by atoms with van der Waals surface area (Å²) in [4.78, 5) is 21.0. The molecule has 2 heterocycles. The normalized spacial score (nSPS) is 15.7. The molecule has 1 aliphatic carbocycles. The van der Waals surface area contributed by atoms with E-state index in [0.717, 1.165) is 12.8 Å². The van der Waals surface area contributed by atoms with Gasteiger partial charge < -0.3 is 5.32 Å². The number of carbonyl (C=O) groups excluding carboxylic acids is 1. The number of aryl methyl sites for hydroxylation is 1. The van der Waals surface area contributed by atoms with Gasteiger partial charge in [0.05, 0.1) is 11.1 Å². The highest BCUT2D eigenvalue weighted by atomic mass is 32.1. The maximum atomic E-state index is 11.3. The zero-order valence-corrected chi connectivity index (χ0v) is 11.8. The smallest absolute Gasteiger partial charge is 0.268 e. The fourth-order valence-corrected chi connectivity index (χ4v) is 3.35. The number of anilines is 1. The summed E-state index contributed by atoms with van der Waals surface area (Å²) in [6.07, 6.45) is 5.08. The zero-order chi connectivity index (χ0) is 14.2. The minimum absolute atomic E-state index is 0.0319. The van der Waals surface area contributed by atoms with Crippen LogP contribution in [-0.2, 0) is 5.54 Å². The van der Waals surface area contributed by atoms with Crippen LogP contribution in [-0.4, -0.2) is 15.9 Å². The first kappa shape index (κ1) is 13.0. The molecule has 3 rings (SSSR count). The van der Waals surface area contributed by atoms with Crippen molar-refractivity contribution >= 4 is 23.2 Å². The maximum absolute atomic E-state index is 11.3. The molecule has 1 aliphatic rings. The van der Waals surface area contributed by atoms with Crippen molar-refractivity contribution < 1.29 is 4.79 Å². The number of carbonyl (C=O) groups is 1. The lowest BCUT2D eigenvalue weighted by Crippen LogP contribution is -2.30. The standard InChI is InChI=1S/C13H15N5OS/c1-8-2-5-20-10(8)13(3-4-13)17-12-15-6-9(7-16-12)11(19)18-14/h2,5-7H,3-4,14H2,1H3,(H,18,19)(H,15,16,17). The van der Waals surface area contributed by atoms with Crippen LogP contribution < -0.4 is 16.6 Å². The summed E-state index contributed by atoms with van der Waals surface area (Å²) in [6, 6.07) is 2.12. The molecule has 0 spiro atoms. The van der Waals surface area contributed by atoms with Crippen LogP contribution in [0, 0.1) is 6.92 Å². The summed E-state index contributed by atoms with van der Waals surface area (Å²) >= 11 is 1.75. The zero-order valence-electron chi connectivity index (χ0n) is 11.0. The molecule has 0 aromatic carbocycles. The van der Waals surface area contributed by atoms with Crippen molar-refractivity contribution in [3.63, 3.8) is 0 Å². The molecule has 2 aromatic heterocycles. The summed E-state index contributed by atoms with van der Waals surface area (Å²) in [5.74, 6) is 5.20. The molecule has 7 heteroatoms. The van der Waals surface area contributed by atoms with Gasteiger partial charge in [-0.2, -0.15) is 0 Å². The summed E-state index contributed by atoms with van der Waals surface area (Å²) in [6.45, 7) is 2.11. The molecule has 0 atom stereocenters. The van der Waals surface area contributed by atoms with E-state index in [-0.39, 0.29) is 5.54 Å². The minimum Gasteiger partial charge on any atom is -0.344 e. The number of hydrogen-bond acceptors (Lipinski definition) is 6. The Morgan fingerprint density at radius 1 is 1.40 bits per heavy atom. The van der Waals surface area contributed by atoms with Crippen LogP contribution in [0.1, 0.15) is 33.6 Å². The van der Waals surface area contributed by atoms with Gasteiger partial charge in [0.2, 0.25) is 5.95 Å². The number of nitrogen functional groups attached to an aromatic ring is 1. The Kier molecular flexibility index (Phi) is 3.15. The van der Waals surface area contributed by atoms with E-state index in [1.54, 1.807) is 11.3 Å². The van der Waals surface area contributed by atoms with Crippen LogP contribution in [0.3, 0.4) is 0 Å². The van der Waals surface area contributed by atoms with Crippen LogP contribution >= 0.6 is 11.3 Å². The molecule has 6 nitrogen and oxygen atoms in total. The molecule has 0 radical (unpaired) electrons. The molecular weight excluding hydrogens is 274 g/mol. The number of hydrazine groups is 1. The highest BCUT2D eigenvalue weighted by Crippen LogP contribution is 2.50. The molecule has 4 N–H and O–H groups in total. The summed E-state index contributed by atoms with van der Waals surface area (Å²) in [5.41, 5.74) is 3.66. The van der Waals surface area contributed by atoms with Crippen molar-refractivity contribution in [1.29, 1.82) is 0 Å². The monoisotopic (exact) mass is 289 g/mol. The average Bonchev–Trinajstić information content (AvgIpc) is 3.11. The number of thiophene rings is 1. The van der Waals surface area contributed by atoms with Crippen molar-refractivity contribution in [3.05, 3.63) is 39.8 Å². The molecule has 0 aliphatic heterocycles. The molecule has 2 aromatic rings. The van der Waals surface area contributed by atoms with E-state index in [9.17, 15) is 4.79 Å². The first-order valence-corrected chi connectivity index (χ1v) is 7.18. The number of aromatic nitrogens is 2. The molecule has 0 unspecified atom stereocenters. The van der Waals surface area contributed by atoms with Gasteiger partial charge >= 0.3 is 0 Å². The predicted molar refractivity (Wildman–Crippen MR) is 77.3 cm³/mol. The quantitative estimate of drug-likeness (QED) is 0.451. The second kappa shape index (κ2) is 4.84. The van der Waals surface area contributed by atoms with Gasteiger partial charge in [0, 0.05) is 17.3 Å². The Bertz CT molecular complexity index is 632. The van der Waals surface area contributed by atoms with E-state index in [1.807, 2.05) is 0 Å². The van der Waals surface area contributed by atoms with Crippen LogP contribution in [0.2, 0.25) is 0 Å². The van der Waals surface area contributed by atoms with Crippen LogP contribution in [0.15, 0.2) is 23.8 Å². The van der Waals surface area contributed by atoms with Gasteiger partial charge in [-0.25, -0.2) is 15.8 Å². The lowest BCUT2D eigenvalue weighted by molar-refractivity contribution is 0.0953. The highest BCUT2D eigenvalue weighted by Gasteiger charge is 2.46. The van der Waals surface area contributed by atoms with Gasteiger partial charge in [-0.3, -0.25) is 10.2 Å². The summed E-state index contributed by atoms with van der Waals surface area (Å²) < 4.78 is 0. The molecule has 20 heavy (non-hydrogen) atoms. The summed E-state index contributed by atoms with van der Waals surface area (Å²) in [7, 11) is 0. The van der Waals surface area contributed by atoms with Gasteiger partial charge in [-0.05, 0) is 36.8 Å². The molecule has 0 saturated heterocycles. The fourth-order valence-electron chi connectivity index (χ4n) is 2.20. The minimum atomic E-state index is -0.396. The molecule has 104 valence electrons. The largest absolute Gasteiger partial charge is 0.344 e. The highest BCUT2D eigenvalue weighted by molar-refractivity contribution is 7.10. The van der Waals surface area contributed by atoms with E-state index < -0.39 is 5.91 Å². The summed E-state index contributed by atoms with van der Waals surface area (Å²) in [5, 5.41) is 5.48. The van der Waals surface area contributed by atoms with Crippen molar-refractivity contribution in [3.8, 4) is 0 Å². The van der Waals surface area contributed by atoms with E-state index >= 15 is 0 Å². The van der Waals surface area contributed by atoms with E-state index in [1.165, 1.54) is 22.8 Å². The van der Waals surface area contributed by atoms with Crippen molar-refractivity contribution in [2.24, 2.45) is 5.84 Å². The second-order valence-electron chi connectivity index (χ2n) is 4.91. The van der Waals surface area contributed by atoms with Crippen molar-refractivity contribution in [1.82, 2.24) is 15.4 Å². The van der Waals surface area contributed by atoms with Crippen LogP contribution in [0.5, 0.6) is 0 Å². The van der Waals surface area contributed by atoms with E-state index in [4.69, 9.17) is 5.84 Å². The number of rotatable bonds is 4. The topological polar surface area (TPSA) is 92.9 Å². The predicted octanol–water partition coefficient (Wildman–Crippen LogP) is 1.55. The van der Waals surface area contributed by atoms with Gasteiger partial charge in [-0.1, -0.05) is 0 Å². The first-order valence-electron chi connectivity index (χ1n) is 6.30. The Labute approximate surface area is 120 Å². The fraction of sp³-hybridized carbons (Fsp3) is 0.308. The lowest BCUT2D eigenvalue weighted by atomic mass is 10.1. The Morgan fingerprint density at radius 2 is 2.10 bits per heavy atom. The van der Waals surface area contributed by atoms with E-state index in [0.29, 0.717) is 11.5 Å². The Balaban J connectivity index is 1.79. The average molecular weight is 289 g/mol. The molecule has 1 amide bonds. The van der Waals surface area contributed by atoms with Crippen LogP contribution in [0.25, 0.3) is 0 Å². The number of amides is 1. The number of nitrogens with two attached hydrogens (primary N) is 1. The first-order chi connectivity index (χ1) is 9.64. The number of nitrogens with zero attached hydrogens (tertiary/aromatic N) is 2. The van der Waals surface area contributed by atoms with Crippen LogP contribution in [0.4, 0.5) is 5.95 Å². The van der Waals surface area contributed by atoms with Gasteiger partial charge in [0.25, 0.3) is 5.91 Å². The molecule has 0 bridgehead atoms. The maximum Gasteiger partial charge on any atom is 0.268 e. The van der Waals surface area contributed by atoms with Crippen molar-refractivity contribution in [2.45, 2.75) is 25.3 Å². The van der Waals surface area contributed by atoms with Gasteiger partial charge in [-0.15, -0.1) is 11.3 Å². The lowest BCUT2D eigenvalue weighted by Gasteiger charge is -2.17. The number of nitrogens with one attached hydrogen (secondary N) is 2. The SMILES string of the molecule is Cc1ccsc1C1(Nc2ncc(C(=O)NN)cn2)CC1. The third kappa shape index (κ3) is 2.25. The van der Waals surface area contributed by atoms with Gasteiger partial charge in [0.15, 0.2) is 0 Å². The Morgan fingerprint density at radius 3 is 2.60 bits per heavy atom. The third-order valence-corrected chi connectivity index (χ3v) is 4.66. The molecular formula is C13H15N5OS. The Hall–Kier alpha value is -1.99.